The van der Waals surface area contributed by atoms with Crippen LogP contribution in [0.3, 0.4) is 0 Å². The quantitative estimate of drug-likeness (QED) is 0.683. The second kappa shape index (κ2) is 7.33. The molecule has 0 saturated carbocycles. The van der Waals surface area contributed by atoms with E-state index in [2.05, 4.69) is 24.3 Å². The van der Waals surface area contributed by atoms with Crippen LogP contribution in [0.2, 0.25) is 0 Å². The first-order valence-electron chi connectivity index (χ1n) is 6.57. The number of nitrogens with two attached hydrogens (primary N) is 1. The zero-order chi connectivity index (χ0) is 12.7. The second-order valence-electron chi connectivity index (χ2n) is 4.99. The topological polar surface area (TPSA) is 55.9 Å². The molecule has 0 amide bonds. The Balaban J connectivity index is 2.20. The first kappa shape index (κ1) is 14.0. The van der Waals surface area contributed by atoms with Crippen molar-refractivity contribution in [3.05, 3.63) is 12.3 Å². The summed E-state index contributed by atoms with van der Waals surface area (Å²) in [6, 6.07) is 2.00. The number of hydrogen-bond acceptors (Lipinski definition) is 3. The zero-order valence-corrected chi connectivity index (χ0v) is 11.3. The summed E-state index contributed by atoms with van der Waals surface area (Å²) in [5, 5.41) is 7.52. The minimum atomic E-state index is 0.732. The monoisotopic (exact) mass is 238 g/mol. The number of aromatic nitrogens is 2. The summed E-state index contributed by atoms with van der Waals surface area (Å²) >= 11 is 0. The molecule has 0 aliphatic carbocycles. The Hall–Kier alpha value is -1.03. The van der Waals surface area contributed by atoms with Gasteiger partial charge in [-0.3, -0.25) is 4.68 Å². The zero-order valence-electron chi connectivity index (χ0n) is 11.3. The van der Waals surface area contributed by atoms with Crippen LogP contribution in [0.4, 0.5) is 5.82 Å². The summed E-state index contributed by atoms with van der Waals surface area (Å²) in [6.07, 6.45) is 5.39. The summed E-state index contributed by atoms with van der Waals surface area (Å²) in [5.41, 5.74) is 5.64. The molecule has 4 heteroatoms. The summed E-state index contributed by atoms with van der Waals surface area (Å²) in [6.45, 7) is 6.38. The molecular formula is C13H26N4. The lowest BCUT2D eigenvalue weighted by atomic mass is 9.88. The lowest BCUT2D eigenvalue weighted by Crippen LogP contribution is -2.16. The Kier molecular flexibility index (Phi) is 6.05. The van der Waals surface area contributed by atoms with Crippen molar-refractivity contribution in [2.24, 2.45) is 24.6 Å². The fraction of sp³-hybridized carbons (Fsp3) is 0.769. The van der Waals surface area contributed by atoms with Crippen molar-refractivity contribution in [2.45, 2.75) is 33.1 Å². The molecule has 0 aromatic carbocycles. The van der Waals surface area contributed by atoms with Crippen molar-refractivity contribution in [3.8, 4) is 0 Å². The highest BCUT2D eigenvalue weighted by atomic mass is 15.3. The molecule has 1 aromatic heterocycles. The predicted molar refractivity (Wildman–Crippen MR) is 72.9 cm³/mol. The number of nitrogens with zero attached hydrogens (tertiary/aromatic N) is 2. The van der Waals surface area contributed by atoms with Gasteiger partial charge in [0, 0.05) is 19.7 Å². The van der Waals surface area contributed by atoms with E-state index >= 15 is 0 Å². The molecule has 98 valence electrons. The molecule has 0 spiro atoms. The molecular weight excluding hydrogens is 212 g/mol. The smallest absolute Gasteiger partial charge is 0.123 e. The van der Waals surface area contributed by atoms with Gasteiger partial charge in [-0.05, 0) is 37.6 Å². The first-order valence-corrected chi connectivity index (χ1v) is 6.57. The van der Waals surface area contributed by atoms with Crippen LogP contribution in [0.15, 0.2) is 12.3 Å². The molecule has 0 fully saturated rings. The van der Waals surface area contributed by atoms with E-state index in [1.165, 1.54) is 12.8 Å². The molecule has 0 bridgehead atoms. The van der Waals surface area contributed by atoms with Gasteiger partial charge in [0.05, 0.1) is 6.20 Å². The van der Waals surface area contributed by atoms with Gasteiger partial charge < -0.3 is 11.1 Å². The maximum atomic E-state index is 5.64. The molecule has 1 atom stereocenters. The first-order chi connectivity index (χ1) is 8.15. The Labute approximate surface area is 105 Å². The fourth-order valence-corrected chi connectivity index (χ4v) is 2.15. The van der Waals surface area contributed by atoms with E-state index in [-0.39, 0.29) is 0 Å². The maximum Gasteiger partial charge on any atom is 0.123 e. The predicted octanol–water partition coefficient (Wildman–Crippen LogP) is 2.23. The SMILES string of the molecule is CC(C)C(CCN)CCCNc1ccnn1C. The van der Waals surface area contributed by atoms with Crippen LogP contribution in [0.25, 0.3) is 0 Å². The molecule has 1 heterocycles. The van der Waals surface area contributed by atoms with Gasteiger partial charge in [-0.1, -0.05) is 13.8 Å². The number of rotatable bonds is 8. The van der Waals surface area contributed by atoms with Crippen molar-refractivity contribution in [1.29, 1.82) is 0 Å². The Morgan fingerprint density at radius 1 is 1.41 bits per heavy atom. The molecule has 0 aliphatic rings. The van der Waals surface area contributed by atoms with Crippen molar-refractivity contribution in [3.63, 3.8) is 0 Å². The van der Waals surface area contributed by atoms with Crippen LogP contribution >= 0.6 is 0 Å². The van der Waals surface area contributed by atoms with E-state index in [1.54, 1.807) is 0 Å². The Morgan fingerprint density at radius 3 is 2.71 bits per heavy atom. The standard InChI is InChI=1S/C13H26N4/c1-11(2)12(6-8-14)5-4-9-15-13-7-10-16-17(13)3/h7,10-12,15H,4-6,8-9,14H2,1-3H3. The summed E-state index contributed by atoms with van der Waals surface area (Å²) in [7, 11) is 1.95. The number of hydrogen-bond donors (Lipinski definition) is 2. The lowest BCUT2D eigenvalue weighted by molar-refractivity contribution is 0.336. The molecule has 1 unspecified atom stereocenters. The lowest BCUT2D eigenvalue weighted by Gasteiger charge is -2.20. The van der Waals surface area contributed by atoms with E-state index in [1.807, 2.05) is 24.0 Å². The van der Waals surface area contributed by atoms with E-state index < -0.39 is 0 Å². The van der Waals surface area contributed by atoms with Crippen LogP contribution in [0.5, 0.6) is 0 Å². The van der Waals surface area contributed by atoms with Gasteiger partial charge in [0.2, 0.25) is 0 Å². The van der Waals surface area contributed by atoms with Gasteiger partial charge in [-0.25, -0.2) is 0 Å². The van der Waals surface area contributed by atoms with Gasteiger partial charge in [-0.15, -0.1) is 0 Å². The van der Waals surface area contributed by atoms with Gasteiger partial charge in [-0.2, -0.15) is 5.10 Å². The fourth-order valence-electron chi connectivity index (χ4n) is 2.15. The van der Waals surface area contributed by atoms with Gasteiger partial charge >= 0.3 is 0 Å². The van der Waals surface area contributed by atoms with Crippen LogP contribution in [0.1, 0.15) is 33.1 Å². The molecule has 0 saturated heterocycles. The Morgan fingerprint density at radius 2 is 2.18 bits per heavy atom. The van der Waals surface area contributed by atoms with Crippen LogP contribution in [-0.2, 0) is 7.05 Å². The molecule has 0 radical (unpaired) electrons. The summed E-state index contributed by atoms with van der Waals surface area (Å²) in [5.74, 6) is 2.58. The number of aryl methyl sites for hydroxylation is 1. The third kappa shape index (κ3) is 4.77. The van der Waals surface area contributed by atoms with Crippen molar-refractivity contribution >= 4 is 5.82 Å². The van der Waals surface area contributed by atoms with Crippen LogP contribution < -0.4 is 11.1 Å². The van der Waals surface area contributed by atoms with Crippen molar-refractivity contribution in [1.82, 2.24) is 9.78 Å². The molecule has 4 nitrogen and oxygen atoms in total. The van der Waals surface area contributed by atoms with Crippen molar-refractivity contribution < 1.29 is 0 Å². The number of anilines is 1. The molecule has 17 heavy (non-hydrogen) atoms. The third-order valence-corrected chi connectivity index (χ3v) is 3.36. The maximum absolute atomic E-state index is 5.64. The molecule has 1 aromatic rings. The van der Waals surface area contributed by atoms with Crippen molar-refractivity contribution in [2.75, 3.05) is 18.4 Å². The Bertz CT molecular complexity index is 306. The highest BCUT2D eigenvalue weighted by Gasteiger charge is 2.11. The highest BCUT2D eigenvalue weighted by Crippen LogP contribution is 2.20. The summed E-state index contributed by atoms with van der Waals surface area (Å²) in [4.78, 5) is 0. The minimum absolute atomic E-state index is 0.732. The largest absolute Gasteiger partial charge is 0.370 e. The molecule has 3 N–H and O–H groups in total. The molecule has 0 aliphatic heterocycles. The normalized spacial score (nSPS) is 13.0. The van der Waals surface area contributed by atoms with E-state index in [0.29, 0.717) is 0 Å². The van der Waals surface area contributed by atoms with E-state index in [9.17, 15) is 0 Å². The van der Waals surface area contributed by atoms with E-state index in [0.717, 1.165) is 37.2 Å². The summed E-state index contributed by atoms with van der Waals surface area (Å²) < 4.78 is 1.86. The van der Waals surface area contributed by atoms with Crippen LogP contribution in [0, 0.1) is 11.8 Å². The van der Waals surface area contributed by atoms with Gasteiger partial charge in [0.25, 0.3) is 0 Å². The number of nitrogens with one attached hydrogen (secondary N) is 1. The average Bonchev–Trinajstić information content (AvgIpc) is 2.68. The minimum Gasteiger partial charge on any atom is -0.370 e. The van der Waals surface area contributed by atoms with Gasteiger partial charge in [0.15, 0.2) is 0 Å². The third-order valence-electron chi connectivity index (χ3n) is 3.36. The second-order valence-corrected chi connectivity index (χ2v) is 4.99. The molecule has 1 rings (SSSR count). The van der Waals surface area contributed by atoms with Crippen LogP contribution in [-0.4, -0.2) is 22.9 Å². The average molecular weight is 238 g/mol. The van der Waals surface area contributed by atoms with Gasteiger partial charge in [0.1, 0.15) is 5.82 Å². The highest BCUT2D eigenvalue weighted by molar-refractivity contribution is 5.33. The van der Waals surface area contributed by atoms with E-state index in [4.69, 9.17) is 5.73 Å².